The molecule has 2 aromatic heterocycles. The molecular formula is C20H24N6O. The summed E-state index contributed by atoms with van der Waals surface area (Å²) in [4.78, 5) is 17.5. The molecular weight excluding hydrogens is 340 g/mol. The van der Waals surface area contributed by atoms with Gasteiger partial charge in [0.2, 0.25) is 0 Å². The van der Waals surface area contributed by atoms with Gasteiger partial charge in [-0.3, -0.25) is 4.98 Å². The van der Waals surface area contributed by atoms with Gasteiger partial charge in [0.25, 0.3) is 0 Å². The Morgan fingerprint density at radius 1 is 1.00 bits per heavy atom. The fourth-order valence-corrected chi connectivity index (χ4v) is 3.66. The lowest BCUT2D eigenvalue weighted by Crippen LogP contribution is -2.31. The smallest absolute Gasteiger partial charge is 0.149 e. The number of nitrogens with one attached hydrogen (secondary N) is 1. The topological polar surface area (TPSA) is 98.8 Å². The number of fused-ring (bicyclic) bond motifs is 1. The molecule has 0 amide bonds. The number of aryl methyl sites for hydroxylation is 2. The SMILES string of the molecule is Cc1cc(NC2CCC(Oc3cc(N)cc4nccnc34)CC2)nc(C)n1. The highest BCUT2D eigenvalue weighted by Crippen LogP contribution is 2.30. The second-order valence-corrected chi connectivity index (χ2v) is 7.12. The van der Waals surface area contributed by atoms with Gasteiger partial charge < -0.3 is 15.8 Å². The van der Waals surface area contributed by atoms with Gasteiger partial charge in [0, 0.05) is 41.9 Å². The van der Waals surface area contributed by atoms with Crippen LogP contribution < -0.4 is 15.8 Å². The molecule has 7 nitrogen and oxygen atoms in total. The monoisotopic (exact) mass is 364 g/mol. The molecule has 3 N–H and O–H groups in total. The number of benzene rings is 1. The average Bonchev–Trinajstić information content (AvgIpc) is 2.62. The van der Waals surface area contributed by atoms with Gasteiger partial charge in [-0.15, -0.1) is 0 Å². The van der Waals surface area contributed by atoms with Crippen LogP contribution in [0.3, 0.4) is 0 Å². The molecule has 1 aliphatic carbocycles. The van der Waals surface area contributed by atoms with E-state index in [0.717, 1.165) is 59.8 Å². The molecule has 2 heterocycles. The van der Waals surface area contributed by atoms with Crippen molar-refractivity contribution in [2.75, 3.05) is 11.1 Å². The van der Waals surface area contributed by atoms with E-state index in [4.69, 9.17) is 10.5 Å². The Balaban J connectivity index is 1.40. The maximum atomic E-state index is 6.25. The van der Waals surface area contributed by atoms with Crippen molar-refractivity contribution in [2.45, 2.75) is 51.7 Å². The molecule has 4 rings (SSSR count). The van der Waals surface area contributed by atoms with Gasteiger partial charge >= 0.3 is 0 Å². The zero-order valence-corrected chi connectivity index (χ0v) is 15.6. The number of hydrogen-bond acceptors (Lipinski definition) is 7. The number of ether oxygens (including phenoxy) is 1. The number of nitrogen functional groups attached to an aromatic ring is 1. The molecule has 0 radical (unpaired) electrons. The van der Waals surface area contributed by atoms with Gasteiger partial charge in [-0.1, -0.05) is 0 Å². The summed E-state index contributed by atoms with van der Waals surface area (Å²) < 4.78 is 6.25. The summed E-state index contributed by atoms with van der Waals surface area (Å²) in [6.45, 7) is 3.91. The fraction of sp³-hybridized carbons (Fsp3) is 0.400. The van der Waals surface area contributed by atoms with Crippen molar-refractivity contribution in [3.05, 3.63) is 42.1 Å². The number of anilines is 2. The van der Waals surface area contributed by atoms with E-state index in [1.165, 1.54) is 0 Å². The predicted molar refractivity (Wildman–Crippen MR) is 106 cm³/mol. The van der Waals surface area contributed by atoms with Crippen LogP contribution in [0.4, 0.5) is 11.5 Å². The van der Waals surface area contributed by atoms with E-state index in [0.29, 0.717) is 11.7 Å². The van der Waals surface area contributed by atoms with Gasteiger partial charge in [0.15, 0.2) is 0 Å². The minimum atomic E-state index is 0.156. The lowest BCUT2D eigenvalue weighted by molar-refractivity contribution is 0.152. The van der Waals surface area contributed by atoms with Crippen LogP contribution in [0.15, 0.2) is 30.6 Å². The standard InChI is InChI=1S/C20H24N6O/c1-12-9-19(25-13(2)24-12)26-15-3-5-16(6-4-15)27-18-11-14(21)10-17-20(18)23-8-7-22-17/h7-11,15-16H,3-6,21H2,1-2H3,(H,24,25,26). The summed E-state index contributed by atoms with van der Waals surface area (Å²) in [7, 11) is 0. The van der Waals surface area contributed by atoms with Gasteiger partial charge in [-0.05, 0) is 45.6 Å². The number of hydrogen-bond donors (Lipinski definition) is 2. The second-order valence-electron chi connectivity index (χ2n) is 7.12. The fourth-order valence-electron chi connectivity index (χ4n) is 3.66. The first-order chi connectivity index (χ1) is 13.1. The molecule has 0 unspecified atom stereocenters. The highest BCUT2D eigenvalue weighted by Gasteiger charge is 2.23. The second kappa shape index (κ2) is 7.34. The Morgan fingerprint density at radius 2 is 1.78 bits per heavy atom. The maximum absolute atomic E-state index is 6.25. The number of rotatable bonds is 4. The van der Waals surface area contributed by atoms with Crippen LogP contribution in [-0.2, 0) is 0 Å². The van der Waals surface area contributed by atoms with Crippen LogP contribution in [0, 0.1) is 13.8 Å². The molecule has 3 aromatic rings. The minimum absolute atomic E-state index is 0.156. The number of nitrogens with two attached hydrogens (primary N) is 1. The summed E-state index contributed by atoms with van der Waals surface area (Å²) in [5, 5.41) is 3.54. The van der Waals surface area contributed by atoms with E-state index >= 15 is 0 Å². The molecule has 27 heavy (non-hydrogen) atoms. The zero-order chi connectivity index (χ0) is 18.8. The van der Waals surface area contributed by atoms with Crippen LogP contribution in [0.1, 0.15) is 37.2 Å². The van der Waals surface area contributed by atoms with Crippen molar-refractivity contribution < 1.29 is 4.74 Å². The van der Waals surface area contributed by atoms with Gasteiger partial charge in [0.05, 0.1) is 11.6 Å². The predicted octanol–water partition coefficient (Wildman–Crippen LogP) is 3.42. The summed E-state index contributed by atoms with van der Waals surface area (Å²) in [5.41, 5.74) is 9.14. The lowest BCUT2D eigenvalue weighted by Gasteiger charge is -2.30. The van der Waals surface area contributed by atoms with E-state index in [9.17, 15) is 0 Å². The Morgan fingerprint density at radius 3 is 2.56 bits per heavy atom. The number of aromatic nitrogens is 4. The van der Waals surface area contributed by atoms with E-state index in [-0.39, 0.29) is 6.10 Å². The van der Waals surface area contributed by atoms with E-state index in [1.54, 1.807) is 12.4 Å². The van der Waals surface area contributed by atoms with E-state index in [2.05, 4.69) is 25.3 Å². The summed E-state index contributed by atoms with van der Waals surface area (Å²) in [5.74, 6) is 2.42. The molecule has 1 aromatic carbocycles. The highest BCUT2D eigenvalue weighted by atomic mass is 16.5. The van der Waals surface area contributed by atoms with E-state index in [1.807, 2.05) is 32.0 Å². The number of nitrogens with zero attached hydrogens (tertiary/aromatic N) is 4. The first-order valence-electron chi connectivity index (χ1n) is 9.32. The van der Waals surface area contributed by atoms with Crippen LogP contribution in [0.5, 0.6) is 5.75 Å². The van der Waals surface area contributed by atoms with Gasteiger partial charge in [-0.2, -0.15) is 0 Å². The van der Waals surface area contributed by atoms with Crippen molar-refractivity contribution >= 4 is 22.5 Å². The lowest BCUT2D eigenvalue weighted by atomic mass is 9.93. The third-order valence-corrected chi connectivity index (χ3v) is 4.85. The molecule has 1 saturated carbocycles. The summed E-state index contributed by atoms with van der Waals surface area (Å²) >= 11 is 0. The quantitative estimate of drug-likeness (QED) is 0.684. The van der Waals surface area contributed by atoms with Gasteiger partial charge in [-0.25, -0.2) is 15.0 Å². The van der Waals surface area contributed by atoms with Crippen LogP contribution in [-0.4, -0.2) is 32.1 Å². The molecule has 0 atom stereocenters. The van der Waals surface area contributed by atoms with Crippen molar-refractivity contribution in [3.8, 4) is 5.75 Å². The molecule has 1 fully saturated rings. The van der Waals surface area contributed by atoms with Crippen molar-refractivity contribution in [1.29, 1.82) is 0 Å². The van der Waals surface area contributed by atoms with E-state index < -0.39 is 0 Å². The molecule has 0 aliphatic heterocycles. The molecule has 7 heteroatoms. The first-order valence-corrected chi connectivity index (χ1v) is 9.32. The maximum Gasteiger partial charge on any atom is 0.149 e. The Kier molecular flexibility index (Phi) is 4.75. The van der Waals surface area contributed by atoms with Crippen molar-refractivity contribution in [1.82, 2.24) is 19.9 Å². The van der Waals surface area contributed by atoms with Crippen LogP contribution >= 0.6 is 0 Å². The summed E-state index contributed by atoms with van der Waals surface area (Å²) in [6, 6.07) is 6.05. The van der Waals surface area contributed by atoms with Crippen molar-refractivity contribution in [3.63, 3.8) is 0 Å². The average molecular weight is 364 g/mol. The van der Waals surface area contributed by atoms with Crippen LogP contribution in [0.25, 0.3) is 11.0 Å². The summed E-state index contributed by atoms with van der Waals surface area (Å²) in [6.07, 6.45) is 7.49. The molecule has 0 spiro atoms. The molecule has 0 bridgehead atoms. The normalized spacial score (nSPS) is 19.8. The third-order valence-electron chi connectivity index (χ3n) is 4.85. The first kappa shape index (κ1) is 17.5. The molecule has 140 valence electrons. The highest BCUT2D eigenvalue weighted by molar-refractivity contribution is 5.84. The van der Waals surface area contributed by atoms with Crippen molar-refractivity contribution in [2.24, 2.45) is 0 Å². The Labute approximate surface area is 158 Å². The third kappa shape index (κ3) is 4.07. The molecule has 0 saturated heterocycles. The zero-order valence-electron chi connectivity index (χ0n) is 15.6. The minimum Gasteiger partial charge on any atom is -0.488 e. The van der Waals surface area contributed by atoms with Gasteiger partial charge in [0.1, 0.15) is 22.9 Å². The largest absolute Gasteiger partial charge is 0.488 e. The molecule has 1 aliphatic rings. The Hall–Kier alpha value is -2.96. The van der Waals surface area contributed by atoms with Crippen LogP contribution in [0.2, 0.25) is 0 Å². The Bertz CT molecular complexity index is 932.